The SMILES string of the molecule is Cc1ccc(C(=O)Nc2ccc(N)c(C(F)(F)F)c2)s1. The van der Waals surface area contributed by atoms with Gasteiger partial charge in [-0.1, -0.05) is 0 Å². The van der Waals surface area contributed by atoms with Gasteiger partial charge in [-0.15, -0.1) is 11.3 Å². The van der Waals surface area contributed by atoms with E-state index in [2.05, 4.69) is 5.32 Å². The third-order valence-electron chi connectivity index (χ3n) is 2.58. The molecule has 0 unspecified atom stereocenters. The molecular formula is C13H11F3N2OS. The van der Waals surface area contributed by atoms with Gasteiger partial charge in [0.05, 0.1) is 10.4 Å². The Balaban J connectivity index is 2.24. The van der Waals surface area contributed by atoms with Crippen LogP contribution in [0, 0.1) is 6.92 Å². The van der Waals surface area contributed by atoms with Gasteiger partial charge in [-0.25, -0.2) is 0 Å². The maximum Gasteiger partial charge on any atom is 0.418 e. The Morgan fingerprint density at radius 2 is 1.95 bits per heavy atom. The molecule has 3 nitrogen and oxygen atoms in total. The van der Waals surface area contributed by atoms with Gasteiger partial charge in [0.2, 0.25) is 0 Å². The number of thiophene rings is 1. The first kappa shape index (κ1) is 14.4. The number of aryl methyl sites for hydroxylation is 1. The van der Waals surface area contributed by atoms with Gasteiger partial charge in [0, 0.05) is 16.3 Å². The Labute approximate surface area is 117 Å². The number of nitrogen functional groups attached to an aromatic ring is 1. The quantitative estimate of drug-likeness (QED) is 0.826. The first-order chi connectivity index (χ1) is 9.27. The molecule has 0 aliphatic carbocycles. The molecule has 106 valence electrons. The molecule has 0 aliphatic rings. The fourth-order valence-corrected chi connectivity index (χ4v) is 2.39. The predicted molar refractivity (Wildman–Crippen MR) is 72.9 cm³/mol. The summed E-state index contributed by atoms with van der Waals surface area (Å²) < 4.78 is 38.1. The van der Waals surface area contributed by atoms with Crippen LogP contribution in [0.2, 0.25) is 0 Å². The molecule has 0 bridgehead atoms. The Bertz CT molecular complexity index is 649. The molecule has 0 radical (unpaired) electrons. The molecule has 1 aromatic carbocycles. The van der Waals surface area contributed by atoms with E-state index in [0.717, 1.165) is 17.0 Å². The van der Waals surface area contributed by atoms with Crippen LogP contribution < -0.4 is 11.1 Å². The van der Waals surface area contributed by atoms with Crippen molar-refractivity contribution in [2.24, 2.45) is 0 Å². The van der Waals surface area contributed by atoms with E-state index in [-0.39, 0.29) is 11.4 Å². The van der Waals surface area contributed by atoms with E-state index in [9.17, 15) is 18.0 Å². The summed E-state index contributed by atoms with van der Waals surface area (Å²) in [5.74, 6) is -0.444. The second-order valence-electron chi connectivity index (χ2n) is 4.16. The number of carbonyl (C=O) groups excluding carboxylic acids is 1. The van der Waals surface area contributed by atoms with Crippen LogP contribution in [0.3, 0.4) is 0 Å². The molecule has 0 fully saturated rings. The molecule has 2 aromatic rings. The van der Waals surface area contributed by atoms with E-state index in [1.165, 1.54) is 17.4 Å². The van der Waals surface area contributed by atoms with Crippen molar-refractivity contribution in [1.29, 1.82) is 0 Å². The number of nitrogens with one attached hydrogen (secondary N) is 1. The molecule has 0 saturated heterocycles. The Morgan fingerprint density at radius 3 is 2.50 bits per heavy atom. The van der Waals surface area contributed by atoms with Gasteiger partial charge < -0.3 is 11.1 Å². The zero-order valence-corrected chi connectivity index (χ0v) is 11.2. The van der Waals surface area contributed by atoms with Crippen LogP contribution in [0.25, 0.3) is 0 Å². The molecule has 1 amide bonds. The van der Waals surface area contributed by atoms with Crippen molar-refractivity contribution in [1.82, 2.24) is 0 Å². The molecule has 0 saturated carbocycles. The fourth-order valence-electron chi connectivity index (χ4n) is 1.63. The van der Waals surface area contributed by atoms with E-state index >= 15 is 0 Å². The molecule has 0 spiro atoms. The van der Waals surface area contributed by atoms with Crippen LogP contribution in [0.5, 0.6) is 0 Å². The average molecular weight is 300 g/mol. The van der Waals surface area contributed by atoms with Gasteiger partial charge in [-0.05, 0) is 37.3 Å². The number of hydrogen-bond donors (Lipinski definition) is 2. The van der Waals surface area contributed by atoms with Crippen LogP contribution >= 0.6 is 11.3 Å². The number of carbonyl (C=O) groups is 1. The molecule has 20 heavy (non-hydrogen) atoms. The van der Waals surface area contributed by atoms with Crippen molar-refractivity contribution in [3.8, 4) is 0 Å². The van der Waals surface area contributed by atoms with Gasteiger partial charge in [0.25, 0.3) is 5.91 Å². The van der Waals surface area contributed by atoms with Gasteiger partial charge >= 0.3 is 6.18 Å². The molecule has 2 rings (SSSR count). The highest BCUT2D eigenvalue weighted by Crippen LogP contribution is 2.35. The summed E-state index contributed by atoms with van der Waals surface area (Å²) >= 11 is 1.27. The van der Waals surface area contributed by atoms with Crippen molar-refractivity contribution >= 4 is 28.6 Å². The molecule has 7 heteroatoms. The lowest BCUT2D eigenvalue weighted by molar-refractivity contribution is -0.136. The number of anilines is 2. The number of halogens is 3. The molecular weight excluding hydrogens is 289 g/mol. The second-order valence-corrected chi connectivity index (χ2v) is 5.45. The van der Waals surface area contributed by atoms with Crippen LogP contribution in [0.15, 0.2) is 30.3 Å². The minimum atomic E-state index is -4.55. The zero-order chi connectivity index (χ0) is 14.9. The second kappa shape index (κ2) is 5.16. The number of rotatable bonds is 2. The van der Waals surface area contributed by atoms with Crippen LogP contribution in [-0.2, 0) is 6.18 Å². The van der Waals surface area contributed by atoms with Crippen molar-refractivity contribution in [3.05, 3.63) is 45.6 Å². The molecule has 1 heterocycles. The van der Waals surface area contributed by atoms with E-state index in [1.54, 1.807) is 12.1 Å². The predicted octanol–water partition coefficient (Wildman–Crippen LogP) is 3.91. The maximum atomic E-state index is 12.7. The van der Waals surface area contributed by atoms with Crippen molar-refractivity contribution in [3.63, 3.8) is 0 Å². The van der Waals surface area contributed by atoms with Gasteiger partial charge in [-0.2, -0.15) is 13.2 Å². The third-order valence-corrected chi connectivity index (χ3v) is 3.58. The molecule has 1 aromatic heterocycles. The highest BCUT2D eigenvalue weighted by Gasteiger charge is 2.33. The van der Waals surface area contributed by atoms with Crippen LogP contribution in [-0.4, -0.2) is 5.91 Å². The lowest BCUT2D eigenvalue weighted by Gasteiger charge is -2.12. The monoisotopic (exact) mass is 300 g/mol. The minimum absolute atomic E-state index is 0.0579. The lowest BCUT2D eigenvalue weighted by atomic mass is 10.1. The Kier molecular flexibility index (Phi) is 3.71. The summed E-state index contributed by atoms with van der Waals surface area (Å²) in [6, 6.07) is 6.68. The summed E-state index contributed by atoms with van der Waals surface area (Å²) in [5.41, 5.74) is 4.01. The smallest absolute Gasteiger partial charge is 0.398 e. The third kappa shape index (κ3) is 3.11. The van der Waals surface area contributed by atoms with E-state index in [4.69, 9.17) is 5.73 Å². The van der Waals surface area contributed by atoms with E-state index in [1.807, 2.05) is 6.92 Å². The number of amides is 1. The molecule has 0 atom stereocenters. The summed E-state index contributed by atoms with van der Waals surface area (Å²) in [6.45, 7) is 1.84. The van der Waals surface area contributed by atoms with Crippen LogP contribution in [0.1, 0.15) is 20.1 Å². The molecule has 3 N–H and O–H groups in total. The van der Waals surface area contributed by atoms with Gasteiger partial charge in [0.1, 0.15) is 0 Å². The molecule has 0 aliphatic heterocycles. The zero-order valence-electron chi connectivity index (χ0n) is 10.4. The lowest BCUT2D eigenvalue weighted by Crippen LogP contribution is -2.13. The standard InChI is InChI=1S/C13H11F3N2OS/c1-7-2-5-11(20-7)12(19)18-8-3-4-10(17)9(6-8)13(14,15)16/h2-6H,17H2,1H3,(H,18,19). The van der Waals surface area contributed by atoms with Crippen molar-refractivity contribution < 1.29 is 18.0 Å². The first-order valence-corrected chi connectivity index (χ1v) is 6.43. The highest BCUT2D eigenvalue weighted by atomic mass is 32.1. The average Bonchev–Trinajstić information content (AvgIpc) is 2.77. The summed E-state index contributed by atoms with van der Waals surface area (Å²) in [4.78, 5) is 13.2. The maximum absolute atomic E-state index is 12.7. The number of hydrogen-bond acceptors (Lipinski definition) is 3. The summed E-state index contributed by atoms with van der Waals surface area (Å²) in [5, 5.41) is 2.43. The largest absolute Gasteiger partial charge is 0.418 e. The normalized spacial score (nSPS) is 11.4. The fraction of sp³-hybridized carbons (Fsp3) is 0.154. The van der Waals surface area contributed by atoms with Crippen LogP contribution in [0.4, 0.5) is 24.5 Å². The number of alkyl halides is 3. The summed E-state index contributed by atoms with van der Waals surface area (Å²) in [6.07, 6.45) is -4.55. The van der Waals surface area contributed by atoms with Crippen molar-refractivity contribution in [2.45, 2.75) is 13.1 Å². The minimum Gasteiger partial charge on any atom is -0.398 e. The Morgan fingerprint density at radius 1 is 1.25 bits per heavy atom. The topological polar surface area (TPSA) is 55.1 Å². The van der Waals surface area contributed by atoms with Crippen molar-refractivity contribution in [2.75, 3.05) is 11.1 Å². The Hall–Kier alpha value is -2.02. The van der Waals surface area contributed by atoms with Gasteiger partial charge in [0.15, 0.2) is 0 Å². The highest BCUT2D eigenvalue weighted by molar-refractivity contribution is 7.14. The number of benzene rings is 1. The van der Waals surface area contributed by atoms with Gasteiger partial charge in [-0.3, -0.25) is 4.79 Å². The number of nitrogens with two attached hydrogens (primary N) is 1. The summed E-state index contributed by atoms with van der Waals surface area (Å²) in [7, 11) is 0. The first-order valence-electron chi connectivity index (χ1n) is 5.62. The van der Waals surface area contributed by atoms with E-state index in [0.29, 0.717) is 4.88 Å². The van der Waals surface area contributed by atoms with E-state index < -0.39 is 17.6 Å².